The standard InChI is InChI=1S/C11H11F4NO2/c1-16-9(5-10(17)18)6-2-7(11(13,14)15)4-8(12)3-6/h2-4,9,16H,5H2,1H3,(H,17,18). The van der Waals surface area contributed by atoms with Crippen LogP contribution in [-0.2, 0) is 11.0 Å². The van der Waals surface area contributed by atoms with E-state index in [1.165, 1.54) is 7.05 Å². The van der Waals surface area contributed by atoms with Gasteiger partial charge in [0.05, 0.1) is 12.0 Å². The molecule has 1 aromatic rings. The molecular weight excluding hydrogens is 254 g/mol. The molecule has 1 aromatic carbocycles. The predicted molar refractivity (Wildman–Crippen MR) is 55.5 cm³/mol. The van der Waals surface area contributed by atoms with Gasteiger partial charge in [0.25, 0.3) is 0 Å². The first-order valence-corrected chi connectivity index (χ1v) is 5.00. The van der Waals surface area contributed by atoms with Crippen molar-refractivity contribution >= 4 is 5.97 Å². The fourth-order valence-electron chi connectivity index (χ4n) is 1.54. The summed E-state index contributed by atoms with van der Waals surface area (Å²) in [6.07, 6.45) is -5.10. The minimum absolute atomic E-state index is 0.0489. The molecule has 1 atom stereocenters. The second-order valence-electron chi connectivity index (χ2n) is 3.71. The SMILES string of the molecule is CNC(CC(=O)O)c1cc(F)cc(C(F)(F)F)c1. The molecule has 0 aliphatic rings. The zero-order chi connectivity index (χ0) is 13.9. The number of hydrogen-bond acceptors (Lipinski definition) is 2. The lowest BCUT2D eigenvalue weighted by Crippen LogP contribution is -2.20. The Bertz CT molecular complexity index is 445. The van der Waals surface area contributed by atoms with E-state index in [0.29, 0.717) is 6.07 Å². The highest BCUT2D eigenvalue weighted by Crippen LogP contribution is 2.32. The summed E-state index contributed by atoms with van der Waals surface area (Å²) in [6.45, 7) is 0. The Kier molecular flexibility index (Phi) is 4.28. The highest BCUT2D eigenvalue weighted by molar-refractivity contribution is 5.68. The molecule has 3 nitrogen and oxygen atoms in total. The quantitative estimate of drug-likeness (QED) is 0.823. The van der Waals surface area contributed by atoms with Crippen LogP contribution in [0.4, 0.5) is 17.6 Å². The van der Waals surface area contributed by atoms with Crippen LogP contribution in [0.3, 0.4) is 0 Å². The van der Waals surface area contributed by atoms with Gasteiger partial charge in [0.1, 0.15) is 5.82 Å². The van der Waals surface area contributed by atoms with Gasteiger partial charge < -0.3 is 10.4 Å². The van der Waals surface area contributed by atoms with Gasteiger partial charge in [-0.05, 0) is 30.8 Å². The third-order valence-electron chi connectivity index (χ3n) is 2.38. The maximum atomic E-state index is 13.1. The third-order valence-corrected chi connectivity index (χ3v) is 2.38. The summed E-state index contributed by atoms with van der Waals surface area (Å²) in [6, 6.07) is 1.13. The van der Waals surface area contributed by atoms with Crippen molar-refractivity contribution in [2.75, 3.05) is 7.05 Å². The van der Waals surface area contributed by atoms with Crippen molar-refractivity contribution in [3.05, 3.63) is 35.1 Å². The molecule has 0 heterocycles. The smallest absolute Gasteiger partial charge is 0.416 e. The largest absolute Gasteiger partial charge is 0.481 e. The van der Waals surface area contributed by atoms with Crippen LogP contribution in [0, 0.1) is 5.82 Å². The van der Waals surface area contributed by atoms with Crippen LogP contribution in [0.2, 0.25) is 0 Å². The Morgan fingerprint density at radius 2 is 2.00 bits per heavy atom. The minimum atomic E-state index is -4.67. The monoisotopic (exact) mass is 265 g/mol. The van der Waals surface area contributed by atoms with Crippen molar-refractivity contribution in [3.63, 3.8) is 0 Å². The van der Waals surface area contributed by atoms with E-state index in [1.54, 1.807) is 0 Å². The van der Waals surface area contributed by atoms with Crippen molar-refractivity contribution in [1.82, 2.24) is 5.32 Å². The molecule has 0 spiro atoms. The van der Waals surface area contributed by atoms with E-state index in [4.69, 9.17) is 5.11 Å². The highest BCUT2D eigenvalue weighted by atomic mass is 19.4. The summed E-state index contributed by atoms with van der Waals surface area (Å²) < 4.78 is 50.5. The van der Waals surface area contributed by atoms with Gasteiger partial charge in [0.2, 0.25) is 0 Å². The van der Waals surface area contributed by atoms with Gasteiger partial charge in [0.15, 0.2) is 0 Å². The number of hydrogen-bond donors (Lipinski definition) is 2. The zero-order valence-corrected chi connectivity index (χ0v) is 9.38. The number of carboxylic acids is 1. The molecular formula is C11H11F4NO2. The van der Waals surface area contributed by atoms with Gasteiger partial charge in [0, 0.05) is 6.04 Å². The van der Waals surface area contributed by atoms with Crippen LogP contribution in [0.15, 0.2) is 18.2 Å². The van der Waals surface area contributed by atoms with Crippen LogP contribution in [0.5, 0.6) is 0 Å². The summed E-state index contributed by atoms with van der Waals surface area (Å²) in [5, 5.41) is 11.2. The van der Waals surface area contributed by atoms with E-state index in [9.17, 15) is 22.4 Å². The van der Waals surface area contributed by atoms with Gasteiger partial charge in [-0.25, -0.2) is 4.39 Å². The summed E-state index contributed by atoms with van der Waals surface area (Å²) >= 11 is 0. The molecule has 0 aliphatic carbocycles. The first kappa shape index (κ1) is 14.4. The molecule has 0 aliphatic heterocycles. The molecule has 18 heavy (non-hydrogen) atoms. The Labute approximate surface area is 100 Å². The second kappa shape index (κ2) is 5.34. The maximum Gasteiger partial charge on any atom is 0.416 e. The number of carbonyl (C=O) groups is 1. The molecule has 0 bridgehead atoms. The molecule has 0 fully saturated rings. The van der Waals surface area contributed by atoms with E-state index < -0.39 is 36.0 Å². The molecule has 2 N–H and O–H groups in total. The average molecular weight is 265 g/mol. The summed E-state index contributed by atoms with van der Waals surface area (Å²) in [5.41, 5.74) is -1.18. The van der Waals surface area contributed by atoms with E-state index in [0.717, 1.165) is 12.1 Å². The normalized spacial score (nSPS) is 13.4. The maximum absolute atomic E-state index is 13.1. The van der Waals surface area contributed by atoms with Crippen molar-refractivity contribution < 1.29 is 27.5 Å². The number of benzene rings is 1. The van der Waals surface area contributed by atoms with Crippen molar-refractivity contribution in [2.45, 2.75) is 18.6 Å². The van der Waals surface area contributed by atoms with Gasteiger partial charge >= 0.3 is 12.1 Å². The van der Waals surface area contributed by atoms with E-state index in [2.05, 4.69) is 5.32 Å². The van der Waals surface area contributed by atoms with E-state index in [1.807, 2.05) is 0 Å². The minimum Gasteiger partial charge on any atom is -0.481 e. The van der Waals surface area contributed by atoms with E-state index in [-0.39, 0.29) is 5.56 Å². The van der Waals surface area contributed by atoms with Crippen LogP contribution in [0.25, 0.3) is 0 Å². The number of halogens is 4. The molecule has 0 aromatic heterocycles. The molecule has 1 unspecified atom stereocenters. The van der Waals surface area contributed by atoms with Gasteiger partial charge in [-0.15, -0.1) is 0 Å². The summed E-state index contributed by atoms with van der Waals surface area (Å²) in [5.74, 6) is -2.24. The van der Waals surface area contributed by atoms with Gasteiger partial charge in [-0.3, -0.25) is 4.79 Å². The average Bonchev–Trinajstić information content (AvgIpc) is 2.23. The lowest BCUT2D eigenvalue weighted by molar-refractivity contribution is -0.138. The van der Waals surface area contributed by atoms with E-state index >= 15 is 0 Å². The second-order valence-corrected chi connectivity index (χ2v) is 3.71. The zero-order valence-electron chi connectivity index (χ0n) is 9.38. The van der Waals surface area contributed by atoms with Gasteiger partial charge in [-0.1, -0.05) is 0 Å². The number of aliphatic carboxylic acids is 1. The molecule has 100 valence electrons. The molecule has 7 heteroatoms. The predicted octanol–water partition coefficient (Wildman–Crippen LogP) is 2.58. The highest BCUT2D eigenvalue weighted by Gasteiger charge is 2.32. The van der Waals surface area contributed by atoms with Crippen molar-refractivity contribution in [3.8, 4) is 0 Å². The lowest BCUT2D eigenvalue weighted by Gasteiger charge is -2.16. The molecule has 0 amide bonds. The van der Waals surface area contributed by atoms with Crippen LogP contribution >= 0.6 is 0 Å². The fraction of sp³-hybridized carbons (Fsp3) is 0.364. The Balaban J connectivity index is 3.15. The summed E-state index contributed by atoms with van der Waals surface area (Å²) in [4.78, 5) is 10.6. The summed E-state index contributed by atoms with van der Waals surface area (Å²) in [7, 11) is 1.39. The van der Waals surface area contributed by atoms with Crippen molar-refractivity contribution in [1.29, 1.82) is 0 Å². The third kappa shape index (κ3) is 3.69. The Morgan fingerprint density at radius 1 is 1.39 bits per heavy atom. The topological polar surface area (TPSA) is 49.3 Å². The molecule has 0 radical (unpaired) electrons. The Morgan fingerprint density at radius 3 is 2.44 bits per heavy atom. The van der Waals surface area contributed by atoms with Crippen molar-refractivity contribution in [2.24, 2.45) is 0 Å². The van der Waals surface area contributed by atoms with Crippen LogP contribution in [-0.4, -0.2) is 18.1 Å². The molecule has 0 saturated carbocycles. The Hall–Kier alpha value is -1.63. The first-order valence-electron chi connectivity index (χ1n) is 5.00. The number of rotatable bonds is 4. The fourth-order valence-corrected chi connectivity index (χ4v) is 1.54. The first-order chi connectivity index (χ1) is 8.24. The molecule has 0 saturated heterocycles. The number of alkyl halides is 3. The van der Waals surface area contributed by atoms with Crippen LogP contribution < -0.4 is 5.32 Å². The van der Waals surface area contributed by atoms with Crippen LogP contribution in [0.1, 0.15) is 23.6 Å². The number of nitrogens with one attached hydrogen (secondary N) is 1. The molecule has 1 rings (SSSR count). The lowest BCUT2D eigenvalue weighted by atomic mass is 10.0. The van der Waals surface area contributed by atoms with Gasteiger partial charge in [-0.2, -0.15) is 13.2 Å². The number of carboxylic acid groups (broad SMARTS) is 1.